The largest absolute Gasteiger partial charge is 0.396 e. The Balaban J connectivity index is 1.52. The topological polar surface area (TPSA) is 81.2 Å². The van der Waals surface area contributed by atoms with Crippen LogP contribution >= 0.6 is 11.8 Å². The van der Waals surface area contributed by atoms with E-state index >= 15 is 0 Å². The first-order valence-corrected chi connectivity index (χ1v) is 13.9. The van der Waals surface area contributed by atoms with Gasteiger partial charge < -0.3 is 19.8 Å². The lowest BCUT2D eigenvalue weighted by atomic mass is 9.78. The zero-order valence-electron chi connectivity index (χ0n) is 20.1. The third kappa shape index (κ3) is 3.81. The summed E-state index contributed by atoms with van der Waals surface area (Å²) in [4.78, 5) is 47.3. The highest BCUT2D eigenvalue weighted by atomic mass is 32.2. The summed E-state index contributed by atoms with van der Waals surface area (Å²) < 4.78 is -0.706. The van der Waals surface area contributed by atoms with E-state index in [9.17, 15) is 19.5 Å². The highest BCUT2D eigenvalue weighted by Crippen LogP contribution is 2.61. The number of aliphatic hydroxyl groups is 1. The highest BCUT2D eigenvalue weighted by molar-refractivity contribution is 8.02. The molecule has 5 atom stereocenters. The summed E-state index contributed by atoms with van der Waals surface area (Å²) in [5, 5.41) is 9.10. The van der Waals surface area contributed by atoms with Crippen molar-refractivity contribution in [3.63, 3.8) is 0 Å². The Morgan fingerprint density at radius 3 is 2.56 bits per heavy atom. The molecule has 8 heteroatoms. The van der Waals surface area contributed by atoms with Crippen LogP contribution in [0.1, 0.15) is 51.4 Å². The molecule has 186 valence electrons. The number of carbonyl (C=O) groups is 3. The lowest BCUT2D eigenvalue weighted by Gasteiger charge is -2.39. The van der Waals surface area contributed by atoms with Crippen LogP contribution in [0.25, 0.3) is 0 Å². The Hall–Kier alpha value is -1.80. The molecule has 1 aliphatic carbocycles. The van der Waals surface area contributed by atoms with Crippen LogP contribution in [0.2, 0.25) is 0 Å². The fraction of sp³-hybridized carbons (Fsp3) is 0.731. The molecule has 4 aliphatic heterocycles. The molecule has 5 aliphatic rings. The molecule has 1 spiro atoms. The van der Waals surface area contributed by atoms with E-state index in [1.165, 1.54) is 6.42 Å². The number of unbranched alkanes of at least 4 members (excludes halogenated alkanes) is 2. The number of carbonyl (C=O) groups excluding carboxylic acids is 3. The normalized spacial score (nSPS) is 35.9. The zero-order chi connectivity index (χ0) is 23.9. The van der Waals surface area contributed by atoms with E-state index in [0.29, 0.717) is 26.1 Å². The second-order valence-electron chi connectivity index (χ2n) is 10.5. The van der Waals surface area contributed by atoms with Crippen molar-refractivity contribution >= 4 is 29.5 Å². The van der Waals surface area contributed by atoms with Gasteiger partial charge in [0.2, 0.25) is 17.7 Å². The monoisotopic (exact) mass is 487 g/mol. The molecule has 0 radical (unpaired) electrons. The summed E-state index contributed by atoms with van der Waals surface area (Å²) in [6, 6.07) is -0.334. The molecule has 3 amide bonds. The highest BCUT2D eigenvalue weighted by Gasteiger charge is 2.70. The molecular weight excluding hydrogens is 450 g/mol. The predicted molar refractivity (Wildman–Crippen MR) is 132 cm³/mol. The number of likely N-dealkylation sites (tertiary alicyclic amines) is 1. The number of hydrogen-bond donors (Lipinski definition) is 1. The second-order valence-corrected chi connectivity index (χ2v) is 12.0. The van der Waals surface area contributed by atoms with Crippen LogP contribution in [-0.2, 0) is 14.4 Å². The van der Waals surface area contributed by atoms with Crippen molar-refractivity contribution in [2.45, 2.75) is 73.4 Å². The Kier molecular flexibility index (Phi) is 6.81. The van der Waals surface area contributed by atoms with Crippen LogP contribution in [0, 0.1) is 11.8 Å². The van der Waals surface area contributed by atoms with Crippen LogP contribution in [0.15, 0.2) is 24.3 Å². The average molecular weight is 488 g/mol. The lowest BCUT2D eigenvalue weighted by Crippen LogP contribution is -2.55. The van der Waals surface area contributed by atoms with Gasteiger partial charge in [-0.05, 0) is 32.1 Å². The molecule has 0 aromatic rings. The van der Waals surface area contributed by atoms with Crippen LogP contribution in [0.3, 0.4) is 0 Å². The maximum Gasteiger partial charge on any atom is 0.247 e. The van der Waals surface area contributed by atoms with Crippen molar-refractivity contribution in [1.29, 1.82) is 0 Å². The van der Waals surface area contributed by atoms with Crippen molar-refractivity contribution in [2.24, 2.45) is 11.8 Å². The number of nitrogens with zero attached hydrogens (tertiary/aromatic N) is 3. The fourth-order valence-electron chi connectivity index (χ4n) is 6.81. The second kappa shape index (κ2) is 9.69. The Morgan fingerprint density at radius 1 is 1.00 bits per heavy atom. The Morgan fingerprint density at radius 2 is 1.79 bits per heavy atom. The van der Waals surface area contributed by atoms with Crippen molar-refractivity contribution in [1.82, 2.24) is 14.7 Å². The standard InChI is InChI=1S/C26H37N3O4S/c1-27-14-8-12-19-20(23(27)31)21-24(32)29(15-6-3-7-17-30)22-25(33)28(18-10-4-2-5-11-18)16-9-13-26(21,22)34-19/h8-9,12-13,18-22,30H,2-7,10-11,14-17H2,1H3/t19-,20+,21-,22?,26-/m0/s1. The van der Waals surface area contributed by atoms with Crippen molar-refractivity contribution in [3.8, 4) is 0 Å². The Labute approximate surface area is 206 Å². The minimum atomic E-state index is -0.706. The number of fused-ring (bicyclic) bond motifs is 2. The summed E-state index contributed by atoms with van der Waals surface area (Å²) in [5.41, 5.74) is 0. The summed E-state index contributed by atoms with van der Waals surface area (Å²) >= 11 is 1.66. The third-order valence-electron chi connectivity index (χ3n) is 8.46. The van der Waals surface area contributed by atoms with Crippen molar-refractivity contribution < 1.29 is 19.5 Å². The van der Waals surface area contributed by atoms with Gasteiger partial charge in [0.1, 0.15) is 6.04 Å². The van der Waals surface area contributed by atoms with Gasteiger partial charge in [0.25, 0.3) is 0 Å². The van der Waals surface area contributed by atoms with E-state index < -0.39 is 22.6 Å². The van der Waals surface area contributed by atoms with Gasteiger partial charge in [-0.15, -0.1) is 11.8 Å². The molecule has 1 unspecified atom stereocenters. The van der Waals surface area contributed by atoms with E-state index in [1.807, 2.05) is 11.0 Å². The van der Waals surface area contributed by atoms with Crippen LogP contribution in [-0.4, -0.2) is 92.9 Å². The number of aliphatic hydroxyl groups excluding tert-OH is 1. The summed E-state index contributed by atoms with van der Waals surface area (Å²) in [6.45, 7) is 1.77. The molecule has 0 aromatic heterocycles. The van der Waals surface area contributed by atoms with Gasteiger partial charge in [0.15, 0.2) is 0 Å². The molecular formula is C26H37N3O4S. The molecule has 4 heterocycles. The summed E-state index contributed by atoms with van der Waals surface area (Å²) in [6.07, 6.45) is 16.1. The molecule has 2 saturated heterocycles. The first-order valence-electron chi connectivity index (χ1n) is 13.0. The van der Waals surface area contributed by atoms with Crippen LogP contribution in [0.4, 0.5) is 0 Å². The van der Waals surface area contributed by atoms with Gasteiger partial charge in [-0.1, -0.05) is 43.6 Å². The van der Waals surface area contributed by atoms with Gasteiger partial charge in [-0.3, -0.25) is 14.4 Å². The number of likely N-dealkylation sites (N-methyl/N-ethyl adjacent to an activating group) is 1. The van der Waals surface area contributed by atoms with Crippen molar-refractivity contribution in [3.05, 3.63) is 24.3 Å². The van der Waals surface area contributed by atoms with Crippen LogP contribution < -0.4 is 0 Å². The number of amides is 3. The summed E-state index contributed by atoms with van der Waals surface area (Å²) in [5.74, 6) is -0.939. The molecule has 34 heavy (non-hydrogen) atoms. The van der Waals surface area contributed by atoms with Gasteiger partial charge in [-0.2, -0.15) is 0 Å². The molecule has 0 aromatic carbocycles. The van der Waals surface area contributed by atoms with E-state index in [2.05, 4.69) is 18.2 Å². The number of rotatable bonds is 6. The average Bonchev–Trinajstić information content (AvgIpc) is 3.16. The maximum atomic E-state index is 14.3. The Bertz CT molecular complexity index is 885. The van der Waals surface area contributed by atoms with E-state index in [4.69, 9.17) is 0 Å². The minimum absolute atomic E-state index is 0.00726. The fourth-order valence-corrected chi connectivity index (χ4v) is 8.82. The molecule has 0 bridgehead atoms. The SMILES string of the molecule is CN1CC=C[C@@H]2S[C@]34C=CCN(C5CCCCC5)C(=O)C3N(CCCCCO)C(=O)[C@@H]4[C@@H]2C1=O. The molecule has 3 fully saturated rings. The minimum Gasteiger partial charge on any atom is -0.396 e. The first-order chi connectivity index (χ1) is 16.5. The molecule has 5 rings (SSSR count). The summed E-state index contributed by atoms with van der Waals surface area (Å²) in [7, 11) is 1.80. The van der Waals surface area contributed by atoms with E-state index in [0.717, 1.165) is 38.5 Å². The van der Waals surface area contributed by atoms with E-state index in [-0.39, 0.29) is 35.6 Å². The predicted octanol–water partition coefficient (Wildman–Crippen LogP) is 2.21. The van der Waals surface area contributed by atoms with Gasteiger partial charge >= 0.3 is 0 Å². The third-order valence-corrected chi connectivity index (χ3v) is 10.2. The quantitative estimate of drug-likeness (QED) is 0.459. The van der Waals surface area contributed by atoms with E-state index in [1.54, 1.807) is 28.6 Å². The zero-order valence-corrected chi connectivity index (χ0v) is 20.9. The molecule has 1 N–H and O–H groups in total. The molecule has 7 nitrogen and oxygen atoms in total. The van der Waals surface area contributed by atoms with Crippen molar-refractivity contribution in [2.75, 3.05) is 33.3 Å². The number of thioether (sulfide) groups is 1. The molecule has 1 saturated carbocycles. The smallest absolute Gasteiger partial charge is 0.247 e. The lowest BCUT2D eigenvalue weighted by molar-refractivity contribution is -0.145. The van der Waals surface area contributed by atoms with Gasteiger partial charge in [0.05, 0.1) is 16.6 Å². The number of hydrogen-bond acceptors (Lipinski definition) is 5. The first kappa shape index (κ1) is 23.9. The van der Waals surface area contributed by atoms with Crippen LogP contribution in [0.5, 0.6) is 0 Å². The van der Waals surface area contributed by atoms with Gasteiger partial charge in [0, 0.05) is 44.6 Å². The maximum absolute atomic E-state index is 14.3. The van der Waals surface area contributed by atoms with Gasteiger partial charge in [-0.25, -0.2) is 0 Å².